The van der Waals surface area contributed by atoms with Crippen molar-refractivity contribution in [3.05, 3.63) is 64.4 Å². The van der Waals surface area contributed by atoms with Crippen molar-refractivity contribution in [2.45, 2.75) is 6.54 Å². The number of nitrogen functional groups attached to an aromatic ring is 1. The summed E-state index contributed by atoms with van der Waals surface area (Å²) in [6.07, 6.45) is 0. The van der Waals surface area contributed by atoms with Gasteiger partial charge >= 0.3 is 0 Å². The van der Waals surface area contributed by atoms with E-state index in [1.54, 1.807) is 30.3 Å². The lowest BCUT2D eigenvalue weighted by molar-refractivity contribution is 0.0628. The first-order valence-electron chi connectivity index (χ1n) is 7.84. The fraction of sp³-hybridized carbons (Fsp3) is 0.278. The van der Waals surface area contributed by atoms with Gasteiger partial charge in [0.2, 0.25) is 0 Å². The van der Waals surface area contributed by atoms with Gasteiger partial charge in [-0.05, 0) is 42.0 Å². The molecule has 2 N–H and O–H groups in total. The molecule has 0 saturated carbocycles. The van der Waals surface area contributed by atoms with E-state index in [9.17, 15) is 9.18 Å². The Morgan fingerprint density at radius 2 is 1.75 bits per heavy atom. The van der Waals surface area contributed by atoms with Gasteiger partial charge in [-0.15, -0.1) is 0 Å². The molecule has 4 nitrogen and oxygen atoms in total. The number of halogens is 2. The zero-order chi connectivity index (χ0) is 17.1. The van der Waals surface area contributed by atoms with Gasteiger partial charge in [0.1, 0.15) is 5.82 Å². The van der Waals surface area contributed by atoms with E-state index in [1.807, 2.05) is 4.90 Å². The van der Waals surface area contributed by atoms with Gasteiger partial charge in [0, 0.05) is 49.0 Å². The van der Waals surface area contributed by atoms with Crippen molar-refractivity contribution < 1.29 is 9.18 Å². The summed E-state index contributed by atoms with van der Waals surface area (Å²) in [5, 5.41) is 0.440. The quantitative estimate of drug-likeness (QED) is 0.868. The number of anilines is 1. The lowest BCUT2D eigenvalue weighted by atomic mass is 10.1. The van der Waals surface area contributed by atoms with Gasteiger partial charge in [0.05, 0.1) is 0 Å². The number of benzene rings is 2. The van der Waals surface area contributed by atoms with Gasteiger partial charge in [-0.1, -0.05) is 17.7 Å². The second-order valence-corrected chi connectivity index (χ2v) is 6.33. The van der Waals surface area contributed by atoms with Crippen LogP contribution in [0.15, 0.2) is 42.5 Å². The third-order valence-electron chi connectivity index (χ3n) is 4.23. The highest BCUT2D eigenvalue weighted by atomic mass is 35.5. The molecule has 1 heterocycles. The summed E-state index contributed by atoms with van der Waals surface area (Å²) in [6, 6.07) is 11.4. The summed E-state index contributed by atoms with van der Waals surface area (Å²) in [5.41, 5.74) is 7.85. The Morgan fingerprint density at radius 3 is 2.38 bits per heavy atom. The van der Waals surface area contributed by atoms with Crippen LogP contribution in [-0.4, -0.2) is 41.9 Å². The predicted molar refractivity (Wildman–Crippen MR) is 93.4 cm³/mol. The molecule has 0 spiro atoms. The highest BCUT2D eigenvalue weighted by Gasteiger charge is 2.22. The molecule has 0 atom stereocenters. The molecule has 6 heteroatoms. The number of hydrogen-bond donors (Lipinski definition) is 1. The molecule has 0 radical (unpaired) electrons. The zero-order valence-electron chi connectivity index (χ0n) is 13.2. The number of amides is 1. The monoisotopic (exact) mass is 347 g/mol. The normalized spacial score (nSPS) is 15.5. The first-order valence-corrected chi connectivity index (χ1v) is 8.22. The van der Waals surface area contributed by atoms with Gasteiger partial charge in [-0.2, -0.15) is 0 Å². The summed E-state index contributed by atoms with van der Waals surface area (Å²) in [7, 11) is 0. The maximum absolute atomic E-state index is 13.1. The van der Waals surface area contributed by atoms with Crippen molar-refractivity contribution in [2.24, 2.45) is 0 Å². The van der Waals surface area contributed by atoms with E-state index in [4.69, 9.17) is 17.3 Å². The van der Waals surface area contributed by atoms with E-state index in [0.717, 1.165) is 18.7 Å². The number of rotatable bonds is 3. The first kappa shape index (κ1) is 16.7. The van der Waals surface area contributed by atoms with E-state index in [0.29, 0.717) is 35.9 Å². The standard InChI is InChI=1S/C18H19ClFN3O/c19-17-11-15(20)4-1-14(17)12-22-7-9-23(10-8-22)18(24)13-2-5-16(21)6-3-13/h1-6,11H,7-10,12,21H2. The average Bonchev–Trinajstić information content (AvgIpc) is 2.58. The van der Waals surface area contributed by atoms with Crippen molar-refractivity contribution in [2.75, 3.05) is 31.9 Å². The van der Waals surface area contributed by atoms with Gasteiger partial charge < -0.3 is 10.6 Å². The second-order valence-electron chi connectivity index (χ2n) is 5.93. The van der Waals surface area contributed by atoms with E-state index < -0.39 is 0 Å². The van der Waals surface area contributed by atoms with Crippen molar-refractivity contribution in [1.82, 2.24) is 9.80 Å². The summed E-state index contributed by atoms with van der Waals surface area (Å²) < 4.78 is 13.1. The topological polar surface area (TPSA) is 49.6 Å². The molecule has 2 aromatic carbocycles. The fourth-order valence-electron chi connectivity index (χ4n) is 2.81. The molecular formula is C18H19ClFN3O. The number of nitrogens with zero attached hydrogens (tertiary/aromatic N) is 2. The average molecular weight is 348 g/mol. The molecule has 0 aromatic heterocycles. The molecule has 0 bridgehead atoms. The highest BCUT2D eigenvalue weighted by molar-refractivity contribution is 6.31. The Morgan fingerprint density at radius 1 is 1.08 bits per heavy atom. The van der Waals surface area contributed by atoms with Gasteiger partial charge in [0.15, 0.2) is 0 Å². The molecular weight excluding hydrogens is 329 g/mol. The minimum Gasteiger partial charge on any atom is -0.399 e. The van der Waals surface area contributed by atoms with Crippen LogP contribution in [0.2, 0.25) is 5.02 Å². The zero-order valence-corrected chi connectivity index (χ0v) is 14.0. The van der Waals surface area contributed by atoms with E-state index in [1.165, 1.54) is 12.1 Å². The minimum absolute atomic E-state index is 0.0227. The van der Waals surface area contributed by atoms with Crippen LogP contribution in [0, 0.1) is 5.82 Å². The van der Waals surface area contributed by atoms with Gasteiger partial charge in [0.25, 0.3) is 5.91 Å². The highest BCUT2D eigenvalue weighted by Crippen LogP contribution is 2.20. The Kier molecular flexibility index (Phi) is 5.02. The van der Waals surface area contributed by atoms with E-state index in [-0.39, 0.29) is 11.7 Å². The molecule has 1 saturated heterocycles. The Bertz CT molecular complexity index is 728. The van der Waals surface area contributed by atoms with Crippen LogP contribution < -0.4 is 5.73 Å². The van der Waals surface area contributed by atoms with Gasteiger partial charge in [-0.3, -0.25) is 9.69 Å². The predicted octanol–water partition coefficient (Wildman–Crippen LogP) is 3.02. The van der Waals surface area contributed by atoms with Crippen LogP contribution in [0.1, 0.15) is 15.9 Å². The van der Waals surface area contributed by atoms with E-state index in [2.05, 4.69) is 4.90 Å². The first-order chi connectivity index (χ1) is 11.5. The van der Waals surface area contributed by atoms with Crippen molar-refractivity contribution in [3.8, 4) is 0 Å². The fourth-order valence-corrected chi connectivity index (χ4v) is 3.04. The summed E-state index contributed by atoms with van der Waals surface area (Å²) in [6.45, 7) is 3.48. The van der Waals surface area contributed by atoms with Crippen molar-refractivity contribution in [3.63, 3.8) is 0 Å². The molecule has 1 aliphatic heterocycles. The van der Waals surface area contributed by atoms with Crippen molar-refractivity contribution in [1.29, 1.82) is 0 Å². The molecule has 126 valence electrons. The number of carbonyl (C=O) groups is 1. The smallest absolute Gasteiger partial charge is 0.253 e. The summed E-state index contributed by atoms with van der Waals surface area (Å²) in [5.74, 6) is -0.308. The number of nitrogens with two attached hydrogens (primary N) is 1. The SMILES string of the molecule is Nc1ccc(C(=O)N2CCN(Cc3ccc(F)cc3Cl)CC2)cc1. The minimum atomic E-state index is -0.331. The lowest BCUT2D eigenvalue weighted by Gasteiger charge is -2.35. The Balaban J connectivity index is 1.57. The summed E-state index contributed by atoms with van der Waals surface area (Å²) >= 11 is 6.08. The molecule has 3 rings (SSSR count). The second kappa shape index (κ2) is 7.20. The third kappa shape index (κ3) is 3.86. The third-order valence-corrected chi connectivity index (χ3v) is 4.58. The summed E-state index contributed by atoms with van der Waals surface area (Å²) in [4.78, 5) is 16.5. The lowest BCUT2D eigenvalue weighted by Crippen LogP contribution is -2.48. The number of hydrogen-bond acceptors (Lipinski definition) is 3. The molecule has 1 aliphatic rings. The van der Waals surface area contributed by atoms with Crippen LogP contribution in [0.5, 0.6) is 0 Å². The van der Waals surface area contributed by atoms with Crippen molar-refractivity contribution >= 4 is 23.2 Å². The van der Waals surface area contributed by atoms with Crippen LogP contribution in [0.3, 0.4) is 0 Å². The van der Waals surface area contributed by atoms with Gasteiger partial charge in [-0.25, -0.2) is 4.39 Å². The molecule has 2 aromatic rings. The number of carbonyl (C=O) groups excluding carboxylic acids is 1. The Labute approximate surface area is 145 Å². The largest absolute Gasteiger partial charge is 0.399 e. The van der Waals surface area contributed by atoms with E-state index >= 15 is 0 Å². The number of piperazine rings is 1. The van der Waals surface area contributed by atoms with Crippen LogP contribution >= 0.6 is 11.6 Å². The van der Waals surface area contributed by atoms with Crippen LogP contribution in [0.25, 0.3) is 0 Å². The molecule has 0 aliphatic carbocycles. The molecule has 24 heavy (non-hydrogen) atoms. The Hall–Kier alpha value is -2.11. The van der Waals surface area contributed by atoms with Crippen LogP contribution in [0.4, 0.5) is 10.1 Å². The molecule has 1 amide bonds. The molecule has 0 unspecified atom stereocenters. The van der Waals surface area contributed by atoms with Crippen LogP contribution in [-0.2, 0) is 6.54 Å². The molecule has 1 fully saturated rings. The maximum Gasteiger partial charge on any atom is 0.253 e. The maximum atomic E-state index is 13.1.